The van der Waals surface area contributed by atoms with Crippen molar-refractivity contribution in [2.24, 2.45) is 4.99 Å². The number of phenols is 1. The number of hydrazine groups is 1. The van der Waals surface area contributed by atoms with Gasteiger partial charge in [-0.2, -0.15) is 0 Å². The molecule has 6 nitrogen and oxygen atoms in total. The van der Waals surface area contributed by atoms with Gasteiger partial charge in [0, 0.05) is 18.8 Å². The number of aliphatic imine (C=N–C) groups is 1. The number of phenolic OH excluding ortho intramolecular Hbond substituents is 1. The van der Waals surface area contributed by atoms with Gasteiger partial charge in [-0.25, -0.2) is 9.80 Å². The molecule has 1 aromatic rings. The summed E-state index contributed by atoms with van der Waals surface area (Å²) in [5.41, 5.74) is 3.60. The summed E-state index contributed by atoms with van der Waals surface area (Å²) >= 11 is 0. The number of aromatic carboxylic acids is 1. The summed E-state index contributed by atoms with van der Waals surface area (Å²) in [7, 11) is 0. The third kappa shape index (κ3) is 2.94. The van der Waals surface area contributed by atoms with Crippen molar-refractivity contribution in [3.8, 4) is 5.75 Å². The van der Waals surface area contributed by atoms with Crippen molar-refractivity contribution in [2.75, 3.05) is 18.6 Å². The molecule has 0 fully saturated rings. The standard InChI is InChI=1S/C11H13N3O3/c15-10-5-8(11(16)17)4-9(6-10)13-14-3-1-2-12-7-14/h2,4-6,13,15H,1,3,7H2,(H,16,17). The second-order valence-electron chi connectivity index (χ2n) is 3.74. The van der Waals surface area contributed by atoms with Gasteiger partial charge in [-0.3, -0.25) is 4.99 Å². The fourth-order valence-electron chi connectivity index (χ4n) is 1.60. The average Bonchev–Trinajstić information content (AvgIpc) is 2.29. The van der Waals surface area contributed by atoms with E-state index in [1.54, 1.807) is 0 Å². The highest BCUT2D eigenvalue weighted by Gasteiger charge is 2.10. The number of hydrogen-bond acceptors (Lipinski definition) is 5. The lowest BCUT2D eigenvalue weighted by atomic mass is 10.2. The van der Waals surface area contributed by atoms with E-state index in [9.17, 15) is 9.90 Å². The summed E-state index contributed by atoms with van der Waals surface area (Å²) in [5, 5.41) is 20.1. The number of rotatable bonds is 3. The molecule has 0 atom stereocenters. The van der Waals surface area contributed by atoms with Crippen molar-refractivity contribution < 1.29 is 15.0 Å². The maximum Gasteiger partial charge on any atom is 0.335 e. The predicted octanol–water partition coefficient (Wildman–Crippen LogP) is 1.15. The van der Waals surface area contributed by atoms with Crippen LogP contribution >= 0.6 is 0 Å². The first kappa shape index (κ1) is 11.4. The van der Waals surface area contributed by atoms with Crippen LogP contribution in [0.25, 0.3) is 0 Å². The maximum absolute atomic E-state index is 10.8. The van der Waals surface area contributed by atoms with Crippen LogP contribution in [0.5, 0.6) is 5.75 Å². The number of hydrogen-bond donors (Lipinski definition) is 3. The van der Waals surface area contributed by atoms with Crippen LogP contribution in [0.3, 0.4) is 0 Å². The molecule has 1 heterocycles. The van der Waals surface area contributed by atoms with Gasteiger partial charge < -0.3 is 15.6 Å². The van der Waals surface area contributed by atoms with Gasteiger partial charge in [0.2, 0.25) is 0 Å². The quantitative estimate of drug-likeness (QED) is 0.731. The van der Waals surface area contributed by atoms with Gasteiger partial charge in [0.05, 0.1) is 11.3 Å². The fraction of sp³-hybridized carbons (Fsp3) is 0.273. The molecule has 0 radical (unpaired) electrons. The number of benzene rings is 1. The lowest BCUT2D eigenvalue weighted by Gasteiger charge is -2.24. The molecule has 17 heavy (non-hydrogen) atoms. The molecule has 1 aliphatic heterocycles. The molecule has 0 saturated carbocycles. The number of nitrogens with one attached hydrogen (secondary N) is 1. The van der Waals surface area contributed by atoms with Crippen LogP contribution in [0.15, 0.2) is 23.2 Å². The van der Waals surface area contributed by atoms with E-state index in [-0.39, 0.29) is 11.3 Å². The molecule has 90 valence electrons. The molecule has 0 bridgehead atoms. The summed E-state index contributed by atoms with van der Waals surface area (Å²) in [6.07, 6.45) is 2.70. The second-order valence-corrected chi connectivity index (χ2v) is 3.74. The molecule has 1 aliphatic rings. The summed E-state index contributed by atoms with van der Waals surface area (Å²) in [6.45, 7) is 1.31. The van der Waals surface area contributed by atoms with E-state index in [1.807, 2.05) is 11.2 Å². The molecule has 0 spiro atoms. The number of nitrogens with zero attached hydrogens (tertiary/aromatic N) is 2. The van der Waals surface area contributed by atoms with Crippen molar-refractivity contribution in [1.29, 1.82) is 0 Å². The topological polar surface area (TPSA) is 85.2 Å². The lowest BCUT2D eigenvalue weighted by Crippen LogP contribution is -2.33. The first-order valence-electron chi connectivity index (χ1n) is 5.22. The van der Waals surface area contributed by atoms with Crippen molar-refractivity contribution in [3.05, 3.63) is 23.8 Å². The Labute approximate surface area is 98.2 Å². The summed E-state index contributed by atoms with van der Waals surface area (Å²) in [6, 6.07) is 4.16. The van der Waals surface area contributed by atoms with Crippen LogP contribution in [0.1, 0.15) is 16.8 Å². The van der Waals surface area contributed by atoms with Crippen molar-refractivity contribution in [3.63, 3.8) is 0 Å². The monoisotopic (exact) mass is 235 g/mol. The molecule has 0 aliphatic carbocycles. The first-order chi connectivity index (χ1) is 8.15. The average molecular weight is 235 g/mol. The van der Waals surface area contributed by atoms with Crippen LogP contribution in [-0.2, 0) is 0 Å². The second kappa shape index (κ2) is 4.84. The minimum Gasteiger partial charge on any atom is -0.508 e. The Kier molecular flexibility index (Phi) is 3.24. The van der Waals surface area contributed by atoms with Gasteiger partial charge in [-0.15, -0.1) is 0 Å². The molecule has 0 saturated heterocycles. The Morgan fingerprint density at radius 2 is 2.24 bits per heavy atom. The first-order valence-corrected chi connectivity index (χ1v) is 5.22. The van der Waals surface area contributed by atoms with Gasteiger partial charge in [-0.1, -0.05) is 0 Å². The smallest absolute Gasteiger partial charge is 0.335 e. The molecular weight excluding hydrogens is 222 g/mol. The number of anilines is 1. The van der Waals surface area contributed by atoms with E-state index in [1.165, 1.54) is 18.2 Å². The molecule has 6 heteroatoms. The van der Waals surface area contributed by atoms with Crippen molar-refractivity contribution in [2.45, 2.75) is 6.42 Å². The zero-order valence-electron chi connectivity index (χ0n) is 9.13. The predicted molar refractivity (Wildman–Crippen MR) is 63.4 cm³/mol. The van der Waals surface area contributed by atoms with Gasteiger partial charge in [-0.05, 0) is 18.6 Å². The Balaban J connectivity index is 2.14. The SMILES string of the molecule is O=C(O)c1cc(O)cc(NN2CCC=NC2)c1. The highest BCUT2D eigenvalue weighted by atomic mass is 16.4. The Hall–Kier alpha value is -2.08. The van der Waals surface area contributed by atoms with E-state index in [2.05, 4.69) is 10.4 Å². The lowest BCUT2D eigenvalue weighted by molar-refractivity contribution is 0.0696. The van der Waals surface area contributed by atoms with Gasteiger partial charge in [0.1, 0.15) is 12.4 Å². The van der Waals surface area contributed by atoms with E-state index in [4.69, 9.17) is 5.11 Å². The molecule has 0 unspecified atom stereocenters. The zero-order valence-corrected chi connectivity index (χ0v) is 9.13. The van der Waals surface area contributed by atoms with E-state index in [0.29, 0.717) is 12.4 Å². The summed E-state index contributed by atoms with van der Waals surface area (Å²) in [4.78, 5) is 14.9. The van der Waals surface area contributed by atoms with Crippen LogP contribution < -0.4 is 5.43 Å². The van der Waals surface area contributed by atoms with Crippen LogP contribution in [0.4, 0.5) is 5.69 Å². The number of carboxylic acid groups (broad SMARTS) is 1. The van der Waals surface area contributed by atoms with Crippen molar-refractivity contribution >= 4 is 17.9 Å². The zero-order chi connectivity index (χ0) is 12.3. The molecule has 0 aromatic heterocycles. The summed E-state index contributed by atoms with van der Waals surface area (Å²) < 4.78 is 0. The minimum atomic E-state index is -1.07. The number of carboxylic acids is 1. The third-order valence-electron chi connectivity index (χ3n) is 2.36. The highest BCUT2D eigenvalue weighted by molar-refractivity contribution is 5.89. The van der Waals surface area contributed by atoms with Gasteiger partial charge in [0.15, 0.2) is 0 Å². The van der Waals surface area contributed by atoms with E-state index in [0.717, 1.165) is 13.0 Å². The highest BCUT2D eigenvalue weighted by Crippen LogP contribution is 2.20. The molecular formula is C11H13N3O3. The number of aromatic hydroxyl groups is 1. The molecule has 1 aromatic carbocycles. The third-order valence-corrected chi connectivity index (χ3v) is 2.36. The van der Waals surface area contributed by atoms with E-state index < -0.39 is 5.97 Å². The molecule has 3 N–H and O–H groups in total. The number of carbonyl (C=O) groups is 1. The maximum atomic E-state index is 10.8. The summed E-state index contributed by atoms with van der Waals surface area (Å²) in [5.74, 6) is -1.14. The van der Waals surface area contributed by atoms with Crippen LogP contribution in [0.2, 0.25) is 0 Å². The molecule has 0 amide bonds. The van der Waals surface area contributed by atoms with Crippen molar-refractivity contribution in [1.82, 2.24) is 5.01 Å². The van der Waals surface area contributed by atoms with Gasteiger partial charge in [0.25, 0.3) is 0 Å². The Morgan fingerprint density at radius 3 is 2.88 bits per heavy atom. The van der Waals surface area contributed by atoms with Crippen LogP contribution in [0, 0.1) is 0 Å². The van der Waals surface area contributed by atoms with Gasteiger partial charge >= 0.3 is 5.97 Å². The minimum absolute atomic E-state index is 0.0491. The Morgan fingerprint density at radius 1 is 1.41 bits per heavy atom. The Bertz CT molecular complexity index is 459. The molecule has 2 rings (SSSR count). The largest absolute Gasteiger partial charge is 0.508 e. The van der Waals surface area contributed by atoms with E-state index >= 15 is 0 Å². The normalized spacial score (nSPS) is 15.8. The van der Waals surface area contributed by atoms with Crippen LogP contribution in [-0.4, -0.2) is 40.6 Å². The fourth-order valence-corrected chi connectivity index (χ4v) is 1.60.